The maximum absolute atomic E-state index is 2.38. The second-order valence-corrected chi connectivity index (χ2v) is 13.3. The Hall–Kier alpha value is -5.86. The van der Waals surface area contributed by atoms with Crippen molar-refractivity contribution in [3.63, 3.8) is 0 Å². The predicted molar refractivity (Wildman–Crippen MR) is 216 cm³/mol. The van der Waals surface area contributed by atoms with Crippen molar-refractivity contribution in [2.75, 3.05) is 23.9 Å². The first-order valence-corrected chi connectivity index (χ1v) is 17.4. The van der Waals surface area contributed by atoms with Gasteiger partial charge in [-0.1, -0.05) is 133 Å². The second-order valence-electron chi connectivity index (χ2n) is 13.3. The number of para-hydroxylation sites is 4. The molecular weight excluding hydrogens is 605 g/mol. The fourth-order valence-electron chi connectivity index (χ4n) is 7.38. The molecule has 0 aliphatic heterocycles. The Morgan fingerprint density at radius 1 is 0.260 bits per heavy atom. The summed E-state index contributed by atoms with van der Waals surface area (Å²) < 4.78 is 0. The van der Waals surface area contributed by atoms with E-state index in [1.807, 2.05) is 0 Å². The number of nitrogens with zero attached hydrogens (tertiary/aromatic N) is 2. The molecule has 0 saturated carbocycles. The van der Waals surface area contributed by atoms with Crippen LogP contribution in [0.1, 0.15) is 22.3 Å². The number of hydrogen-bond donors (Lipinski definition) is 0. The van der Waals surface area contributed by atoms with Crippen LogP contribution in [0.3, 0.4) is 0 Å². The van der Waals surface area contributed by atoms with Gasteiger partial charge in [-0.3, -0.25) is 0 Å². The highest BCUT2D eigenvalue weighted by Gasteiger charge is 2.20. The predicted octanol–water partition coefficient (Wildman–Crippen LogP) is 13.1. The van der Waals surface area contributed by atoms with Crippen molar-refractivity contribution < 1.29 is 0 Å². The Morgan fingerprint density at radius 2 is 0.500 bits per heavy atom. The minimum absolute atomic E-state index is 1.18. The van der Waals surface area contributed by atoms with Crippen molar-refractivity contribution in [3.8, 4) is 44.5 Å². The number of aryl methyl sites for hydroxylation is 4. The van der Waals surface area contributed by atoms with E-state index in [0.29, 0.717) is 0 Å². The summed E-state index contributed by atoms with van der Waals surface area (Å²) in [7, 11) is 4.38. The highest BCUT2D eigenvalue weighted by Crippen LogP contribution is 2.44. The molecule has 0 aromatic heterocycles. The molecule has 0 fully saturated rings. The number of hydrogen-bond acceptors (Lipinski definition) is 2. The molecule has 0 radical (unpaired) electrons. The summed E-state index contributed by atoms with van der Waals surface area (Å²) >= 11 is 0. The van der Waals surface area contributed by atoms with Crippen LogP contribution in [-0.4, -0.2) is 14.1 Å². The molecule has 246 valence electrons. The van der Waals surface area contributed by atoms with Gasteiger partial charge in [0.1, 0.15) is 0 Å². The van der Waals surface area contributed by atoms with Gasteiger partial charge >= 0.3 is 0 Å². The van der Waals surface area contributed by atoms with Crippen LogP contribution in [0.15, 0.2) is 158 Å². The van der Waals surface area contributed by atoms with Gasteiger partial charge in [0.05, 0.1) is 0 Å². The zero-order chi connectivity index (χ0) is 34.8. The van der Waals surface area contributed by atoms with Crippen LogP contribution in [0.4, 0.5) is 22.7 Å². The van der Waals surface area contributed by atoms with Crippen molar-refractivity contribution >= 4 is 22.7 Å². The van der Waals surface area contributed by atoms with Crippen LogP contribution in [0.5, 0.6) is 0 Å². The summed E-state index contributed by atoms with van der Waals surface area (Å²) in [6, 6.07) is 57.1. The quantitative estimate of drug-likeness (QED) is 0.162. The van der Waals surface area contributed by atoms with Gasteiger partial charge in [0, 0.05) is 59.1 Å². The number of benzene rings is 7. The van der Waals surface area contributed by atoms with E-state index in [2.05, 4.69) is 209 Å². The minimum Gasteiger partial charge on any atom is -0.344 e. The molecule has 0 atom stereocenters. The standard InChI is InChI=1S/C48H44N2/c1-33-19-7-9-21-37(33)39-23-11-15-27-45(39)49(5)47-29-17-13-25-41(47)43-31-36(4)44(32-35(43)3)42-26-14-18-30-48(42)50(6)46-28-16-12-24-40(46)38-22-10-8-20-34(38)2/h7-32H,1-6H3. The monoisotopic (exact) mass is 648 g/mol. The lowest BCUT2D eigenvalue weighted by atomic mass is 9.90. The molecule has 0 heterocycles. The smallest absolute Gasteiger partial charge is 0.0488 e. The van der Waals surface area contributed by atoms with E-state index in [0.717, 1.165) is 0 Å². The Kier molecular flexibility index (Phi) is 9.11. The molecule has 7 rings (SSSR count). The minimum atomic E-state index is 1.18. The van der Waals surface area contributed by atoms with Crippen molar-refractivity contribution in [3.05, 3.63) is 180 Å². The molecule has 7 aromatic carbocycles. The van der Waals surface area contributed by atoms with Crippen molar-refractivity contribution in [1.82, 2.24) is 0 Å². The van der Waals surface area contributed by atoms with Gasteiger partial charge in [-0.2, -0.15) is 0 Å². The zero-order valence-electron chi connectivity index (χ0n) is 29.9. The Bertz CT molecular complexity index is 2150. The first-order chi connectivity index (χ1) is 24.3. The molecule has 0 unspecified atom stereocenters. The lowest BCUT2D eigenvalue weighted by Crippen LogP contribution is -2.12. The highest BCUT2D eigenvalue weighted by molar-refractivity contribution is 5.93. The largest absolute Gasteiger partial charge is 0.344 e. The SMILES string of the molecule is Cc1ccccc1-c1ccccc1N(C)c1ccccc1-c1cc(C)c(-c2ccccc2N(C)c2ccccc2-c2ccccc2C)cc1C. The van der Waals surface area contributed by atoms with Crippen LogP contribution in [0, 0.1) is 27.7 Å². The molecule has 0 saturated heterocycles. The second kappa shape index (κ2) is 13.9. The lowest BCUT2D eigenvalue weighted by molar-refractivity contribution is 1.20. The van der Waals surface area contributed by atoms with Crippen molar-refractivity contribution in [2.24, 2.45) is 0 Å². The van der Waals surface area contributed by atoms with Crippen LogP contribution in [0.2, 0.25) is 0 Å². The summed E-state index contributed by atoms with van der Waals surface area (Å²) in [5.74, 6) is 0. The van der Waals surface area contributed by atoms with Gasteiger partial charge in [0.25, 0.3) is 0 Å². The summed E-state index contributed by atoms with van der Waals surface area (Å²) in [5.41, 5.74) is 19.7. The van der Waals surface area contributed by atoms with Gasteiger partial charge in [0.2, 0.25) is 0 Å². The van der Waals surface area contributed by atoms with Crippen LogP contribution >= 0.6 is 0 Å². The molecule has 2 heteroatoms. The van der Waals surface area contributed by atoms with Gasteiger partial charge < -0.3 is 9.80 Å². The van der Waals surface area contributed by atoms with E-state index in [-0.39, 0.29) is 0 Å². The Balaban J connectivity index is 1.29. The van der Waals surface area contributed by atoms with Crippen molar-refractivity contribution in [1.29, 1.82) is 0 Å². The topological polar surface area (TPSA) is 6.48 Å². The Labute approximate surface area is 297 Å². The normalized spacial score (nSPS) is 11.0. The molecule has 0 amide bonds. The maximum Gasteiger partial charge on any atom is 0.0488 e. The third kappa shape index (κ3) is 6.10. The third-order valence-corrected chi connectivity index (χ3v) is 10.1. The molecule has 7 aromatic rings. The van der Waals surface area contributed by atoms with E-state index in [9.17, 15) is 0 Å². The first kappa shape index (κ1) is 32.7. The van der Waals surface area contributed by atoms with E-state index in [1.165, 1.54) is 89.5 Å². The maximum atomic E-state index is 2.38. The van der Waals surface area contributed by atoms with Crippen LogP contribution in [-0.2, 0) is 0 Å². The molecule has 0 aliphatic carbocycles. The summed E-state index contributed by atoms with van der Waals surface area (Å²) in [4.78, 5) is 4.69. The van der Waals surface area contributed by atoms with Gasteiger partial charge in [0.15, 0.2) is 0 Å². The first-order valence-electron chi connectivity index (χ1n) is 17.4. The fraction of sp³-hybridized carbons (Fsp3) is 0.125. The van der Waals surface area contributed by atoms with E-state index >= 15 is 0 Å². The fourth-order valence-corrected chi connectivity index (χ4v) is 7.38. The van der Waals surface area contributed by atoms with Crippen LogP contribution in [0.25, 0.3) is 44.5 Å². The van der Waals surface area contributed by atoms with Crippen LogP contribution < -0.4 is 9.80 Å². The number of rotatable bonds is 8. The Morgan fingerprint density at radius 3 is 0.800 bits per heavy atom. The van der Waals surface area contributed by atoms with Gasteiger partial charge in [-0.05, 0) is 96.5 Å². The lowest BCUT2D eigenvalue weighted by Gasteiger charge is -2.27. The third-order valence-electron chi connectivity index (χ3n) is 10.1. The summed E-state index contributed by atoms with van der Waals surface area (Å²) in [6.07, 6.45) is 0. The van der Waals surface area contributed by atoms with E-state index < -0.39 is 0 Å². The molecule has 50 heavy (non-hydrogen) atoms. The molecule has 0 bridgehead atoms. The molecule has 0 aliphatic rings. The molecule has 0 spiro atoms. The summed E-state index contributed by atoms with van der Waals surface area (Å²) in [5, 5.41) is 0. The molecular formula is C48H44N2. The molecule has 0 N–H and O–H groups in total. The average molecular weight is 649 g/mol. The van der Waals surface area contributed by atoms with E-state index in [1.54, 1.807) is 0 Å². The zero-order valence-corrected chi connectivity index (χ0v) is 29.9. The average Bonchev–Trinajstić information content (AvgIpc) is 3.15. The highest BCUT2D eigenvalue weighted by atomic mass is 15.1. The van der Waals surface area contributed by atoms with Gasteiger partial charge in [-0.25, -0.2) is 0 Å². The molecule has 2 nitrogen and oxygen atoms in total. The summed E-state index contributed by atoms with van der Waals surface area (Å²) in [6.45, 7) is 8.87. The number of anilines is 4. The van der Waals surface area contributed by atoms with Crippen molar-refractivity contribution in [2.45, 2.75) is 27.7 Å². The van der Waals surface area contributed by atoms with Gasteiger partial charge in [-0.15, -0.1) is 0 Å². The van der Waals surface area contributed by atoms with E-state index in [4.69, 9.17) is 0 Å².